The lowest BCUT2D eigenvalue weighted by molar-refractivity contribution is 0.422. The lowest BCUT2D eigenvalue weighted by Crippen LogP contribution is -2.23. The van der Waals surface area contributed by atoms with Gasteiger partial charge in [-0.25, -0.2) is 0 Å². The third-order valence-electron chi connectivity index (χ3n) is 3.26. The van der Waals surface area contributed by atoms with Crippen LogP contribution in [0.5, 0.6) is 0 Å². The van der Waals surface area contributed by atoms with Gasteiger partial charge in [0.2, 0.25) is 0 Å². The van der Waals surface area contributed by atoms with Crippen molar-refractivity contribution >= 4 is 29.0 Å². The first-order valence-corrected chi connectivity index (χ1v) is 6.76. The zero-order chi connectivity index (χ0) is 13.4. The van der Waals surface area contributed by atoms with Crippen molar-refractivity contribution in [2.75, 3.05) is 0 Å². The lowest BCUT2D eigenvalue weighted by atomic mass is 10.1. The molecule has 0 bridgehead atoms. The van der Waals surface area contributed by atoms with Crippen molar-refractivity contribution < 1.29 is 0 Å². The smallest absolute Gasteiger partial charge is 0.129 e. The maximum atomic E-state index is 8.21. The van der Waals surface area contributed by atoms with E-state index in [2.05, 4.69) is 0 Å². The first kappa shape index (κ1) is 12.5. The summed E-state index contributed by atoms with van der Waals surface area (Å²) in [4.78, 5) is 2.02. The van der Waals surface area contributed by atoms with Gasteiger partial charge in [0.25, 0.3) is 0 Å². The van der Waals surface area contributed by atoms with Crippen molar-refractivity contribution in [2.24, 2.45) is 0 Å². The molecule has 0 saturated heterocycles. The predicted octanol–water partition coefficient (Wildman–Crippen LogP) is 4.33. The summed E-state index contributed by atoms with van der Waals surface area (Å²) in [5.74, 6) is 0.548. The van der Waals surface area contributed by atoms with Crippen molar-refractivity contribution in [1.29, 1.82) is 5.41 Å². The molecule has 2 aromatic rings. The fraction of sp³-hybridized carbons (Fsp3) is 0.133. The van der Waals surface area contributed by atoms with Gasteiger partial charge in [0, 0.05) is 28.7 Å². The van der Waals surface area contributed by atoms with Gasteiger partial charge in [0.05, 0.1) is 0 Å². The fourth-order valence-corrected chi connectivity index (χ4v) is 2.78. The van der Waals surface area contributed by atoms with Crippen LogP contribution < -0.4 is 0 Å². The number of fused-ring (bicyclic) bond motifs is 1. The minimum atomic E-state index is 0.548. The maximum Gasteiger partial charge on any atom is 0.129 e. The average molecular weight is 291 g/mol. The monoisotopic (exact) mass is 290 g/mol. The van der Waals surface area contributed by atoms with E-state index in [-0.39, 0.29) is 0 Å². The highest BCUT2D eigenvalue weighted by Gasteiger charge is 2.24. The van der Waals surface area contributed by atoms with Crippen LogP contribution in [0.25, 0.3) is 0 Å². The van der Waals surface area contributed by atoms with E-state index in [0.29, 0.717) is 12.4 Å². The Balaban J connectivity index is 1.84. The molecule has 1 aliphatic rings. The zero-order valence-electron chi connectivity index (χ0n) is 10.2. The van der Waals surface area contributed by atoms with Gasteiger partial charge in [0.1, 0.15) is 5.84 Å². The standard InChI is InChI=1S/C15H12Cl2N2/c16-12-3-1-2-10(6-12)8-19-9-11-7-13(17)4-5-14(11)15(19)18/h1-7,18H,8-9H2. The molecule has 0 amide bonds. The molecule has 1 aliphatic heterocycles. The molecule has 0 spiro atoms. The van der Waals surface area contributed by atoms with Crippen LogP contribution in [0, 0.1) is 5.41 Å². The largest absolute Gasteiger partial charge is 0.348 e. The number of nitrogens with one attached hydrogen (secondary N) is 1. The van der Waals surface area contributed by atoms with E-state index in [1.807, 2.05) is 47.4 Å². The molecule has 0 radical (unpaired) electrons. The second-order valence-corrected chi connectivity index (χ2v) is 5.51. The van der Waals surface area contributed by atoms with Crippen molar-refractivity contribution in [2.45, 2.75) is 13.1 Å². The highest BCUT2D eigenvalue weighted by Crippen LogP contribution is 2.27. The normalized spacial score (nSPS) is 13.8. The molecule has 4 heteroatoms. The third kappa shape index (κ3) is 2.46. The van der Waals surface area contributed by atoms with E-state index in [0.717, 1.165) is 33.3 Å². The maximum absolute atomic E-state index is 8.21. The van der Waals surface area contributed by atoms with Crippen LogP contribution in [0.1, 0.15) is 16.7 Å². The SMILES string of the molecule is N=C1c2ccc(Cl)cc2CN1Cc1cccc(Cl)c1. The molecule has 1 heterocycles. The molecule has 1 N–H and O–H groups in total. The van der Waals surface area contributed by atoms with Crippen LogP contribution in [0.3, 0.4) is 0 Å². The van der Waals surface area contributed by atoms with E-state index in [1.165, 1.54) is 0 Å². The van der Waals surface area contributed by atoms with Gasteiger partial charge in [-0.05, 0) is 41.5 Å². The van der Waals surface area contributed by atoms with Crippen molar-refractivity contribution in [3.05, 3.63) is 69.2 Å². The summed E-state index contributed by atoms with van der Waals surface area (Å²) in [7, 11) is 0. The minimum absolute atomic E-state index is 0.548. The first-order valence-electron chi connectivity index (χ1n) is 6.00. The summed E-state index contributed by atoms with van der Waals surface area (Å²) in [5.41, 5.74) is 3.18. The Kier molecular flexibility index (Phi) is 3.21. The molecule has 0 atom stereocenters. The number of amidine groups is 1. The molecule has 0 fully saturated rings. The van der Waals surface area contributed by atoms with E-state index in [9.17, 15) is 0 Å². The van der Waals surface area contributed by atoms with E-state index >= 15 is 0 Å². The number of benzene rings is 2. The quantitative estimate of drug-likeness (QED) is 0.875. The molecule has 19 heavy (non-hydrogen) atoms. The summed E-state index contributed by atoms with van der Waals surface area (Å²) in [5, 5.41) is 9.66. The summed E-state index contributed by atoms with van der Waals surface area (Å²) >= 11 is 12.0. The van der Waals surface area contributed by atoms with Gasteiger partial charge < -0.3 is 4.90 Å². The first-order chi connectivity index (χ1) is 9.13. The Labute approximate surface area is 122 Å². The summed E-state index contributed by atoms with van der Waals surface area (Å²) in [6.45, 7) is 1.41. The molecule has 0 aromatic heterocycles. The van der Waals surface area contributed by atoms with E-state index in [1.54, 1.807) is 0 Å². The Morgan fingerprint density at radius 2 is 1.84 bits per heavy atom. The van der Waals surface area contributed by atoms with Crippen LogP contribution in [0.4, 0.5) is 0 Å². The van der Waals surface area contributed by atoms with Crippen LogP contribution in [0.15, 0.2) is 42.5 Å². The van der Waals surface area contributed by atoms with Gasteiger partial charge >= 0.3 is 0 Å². The van der Waals surface area contributed by atoms with E-state index < -0.39 is 0 Å². The second kappa shape index (κ2) is 4.87. The van der Waals surface area contributed by atoms with Gasteiger partial charge in [-0.3, -0.25) is 5.41 Å². The molecular weight excluding hydrogens is 279 g/mol. The van der Waals surface area contributed by atoms with Crippen molar-refractivity contribution in [3.8, 4) is 0 Å². The van der Waals surface area contributed by atoms with Crippen LogP contribution in [-0.4, -0.2) is 10.7 Å². The van der Waals surface area contributed by atoms with Crippen LogP contribution in [-0.2, 0) is 13.1 Å². The zero-order valence-corrected chi connectivity index (χ0v) is 11.7. The molecule has 96 valence electrons. The molecule has 0 saturated carbocycles. The average Bonchev–Trinajstić information content (AvgIpc) is 2.66. The number of rotatable bonds is 2. The van der Waals surface area contributed by atoms with Crippen molar-refractivity contribution in [1.82, 2.24) is 4.90 Å². The van der Waals surface area contributed by atoms with Crippen LogP contribution >= 0.6 is 23.2 Å². The molecule has 0 aliphatic carbocycles. The number of hydrogen-bond donors (Lipinski definition) is 1. The Hall–Kier alpha value is -1.51. The minimum Gasteiger partial charge on any atom is -0.348 e. The highest BCUT2D eigenvalue weighted by atomic mass is 35.5. The lowest BCUT2D eigenvalue weighted by Gasteiger charge is -2.18. The van der Waals surface area contributed by atoms with Gasteiger partial charge in [-0.15, -0.1) is 0 Å². The van der Waals surface area contributed by atoms with Gasteiger partial charge in [-0.1, -0.05) is 35.3 Å². The van der Waals surface area contributed by atoms with Crippen LogP contribution in [0.2, 0.25) is 10.0 Å². The Morgan fingerprint density at radius 3 is 2.63 bits per heavy atom. The molecule has 2 aromatic carbocycles. The van der Waals surface area contributed by atoms with Gasteiger partial charge in [0.15, 0.2) is 0 Å². The Morgan fingerprint density at radius 1 is 1.05 bits per heavy atom. The van der Waals surface area contributed by atoms with Crippen molar-refractivity contribution in [3.63, 3.8) is 0 Å². The summed E-state index contributed by atoms with van der Waals surface area (Å²) in [6.07, 6.45) is 0. The topological polar surface area (TPSA) is 27.1 Å². The fourth-order valence-electron chi connectivity index (χ4n) is 2.37. The molecule has 3 rings (SSSR count). The number of nitrogens with zero attached hydrogens (tertiary/aromatic N) is 1. The molecule has 2 nitrogen and oxygen atoms in total. The number of hydrogen-bond acceptors (Lipinski definition) is 1. The summed E-state index contributed by atoms with van der Waals surface area (Å²) < 4.78 is 0. The molecule has 0 unspecified atom stereocenters. The summed E-state index contributed by atoms with van der Waals surface area (Å²) in [6, 6.07) is 13.4. The third-order valence-corrected chi connectivity index (χ3v) is 3.73. The highest BCUT2D eigenvalue weighted by molar-refractivity contribution is 6.31. The van der Waals surface area contributed by atoms with Gasteiger partial charge in [-0.2, -0.15) is 0 Å². The van der Waals surface area contributed by atoms with E-state index in [4.69, 9.17) is 28.6 Å². The predicted molar refractivity (Wildman–Crippen MR) is 79.0 cm³/mol. The second-order valence-electron chi connectivity index (χ2n) is 4.64. The molecular formula is C15H12Cl2N2. The number of halogens is 2. The Bertz CT molecular complexity index is 652.